The lowest BCUT2D eigenvalue weighted by Gasteiger charge is -2.31. The number of aromatic nitrogens is 3. The predicted octanol–water partition coefficient (Wildman–Crippen LogP) is 6.14. The lowest BCUT2D eigenvalue weighted by molar-refractivity contribution is -0.140. The number of alkyl halides is 3. The Bertz CT molecular complexity index is 1900. The first-order valence-corrected chi connectivity index (χ1v) is 13.1. The summed E-state index contributed by atoms with van der Waals surface area (Å²) in [5.74, 6) is -1.80. The van der Waals surface area contributed by atoms with Gasteiger partial charge in [0.25, 0.3) is 5.56 Å². The minimum Gasteiger partial charge on any atom is -0.328 e. The minimum atomic E-state index is -4.87. The quantitative estimate of drug-likeness (QED) is 0.214. The number of halogens is 4. The fourth-order valence-corrected chi connectivity index (χ4v) is 4.81. The molecule has 0 aliphatic carbocycles. The van der Waals surface area contributed by atoms with Crippen molar-refractivity contribution in [3.63, 3.8) is 0 Å². The maximum absolute atomic E-state index is 14.3. The zero-order valence-corrected chi connectivity index (χ0v) is 22.7. The maximum atomic E-state index is 14.3. The van der Waals surface area contributed by atoms with Crippen molar-refractivity contribution in [2.45, 2.75) is 32.1 Å². The second kappa shape index (κ2) is 11.9. The van der Waals surface area contributed by atoms with E-state index in [2.05, 4.69) is 4.98 Å². The van der Waals surface area contributed by atoms with Crippen LogP contribution < -0.4 is 5.56 Å². The van der Waals surface area contributed by atoms with E-state index in [4.69, 9.17) is 4.98 Å². The molecule has 0 N–H and O–H groups in total. The van der Waals surface area contributed by atoms with Gasteiger partial charge < -0.3 is 4.90 Å². The zero-order chi connectivity index (χ0) is 30.7. The van der Waals surface area contributed by atoms with Crippen LogP contribution in [-0.2, 0) is 23.9 Å². The van der Waals surface area contributed by atoms with Gasteiger partial charge in [-0.15, -0.1) is 0 Å². The topological polar surface area (TPSA) is 91.9 Å². The molecule has 0 bridgehead atoms. The summed E-state index contributed by atoms with van der Waals surface area (Å²) in [6.45, 7) is 1.70. The number of para-hydroxylation sites is 1. The third-order valence-electron chi connectivity index (χ3n) is 6.99. The van der Waals surface area contributed by atoms with Crippen molar-refractivity contribution in [3.05, 3.63) is 136 Å². The maximum Gasteiger partial charge on any atom is 0.419 e. The van der Waals surface area contributed by atoms with Gasteiger partial charge in [0.15, 0.2) is 0 Å². The fourth-order valence-electron chi connectivity index (χ4n) is 4.81. The summed E-state index contributed by atoms with van der Waals surface area (Å²) in [7, 11) is 0. The average molecular weight is 586 g/mol. The molecule has 216 valence electrons. The molecule has 0 saturated carbocycles. The van der Waals surface area contributed by atoms with Gasteiger partial charge in [-0.2, -0.15) is 18.4 Å². The van der Waals surface area contributed by atoms with E-state index < -0.39 is 41.5 Å². The predicted molar refractivity (Wildman–Crippen MR) is 150 cm³/mol. The Morgan fingerprint density at radius 2 is 1.77 bits per heavy atom. The fraction of sp³-hybridized carbons (Fsp3) is 0.156. The van der Waals surface area contributed by atoms with Gasteiger partial charge in [0.05, 0.1) is 46.2 Å². The molecule has 5 aromatic rings. The van der Waals surface area contributed by atoms with Crippen molar-refractivity contribution in [2.75, 3.05) is 0 Å². The van der Waals surface area contributed by atoms with Gasteiger partial charge in [0.2, 0.25) is 5.91 Å². The van der Waals surface area contributed by atoms with Crippen molar-refractivity contribution in [1.29, 1.82) is 5.26 Å². The molecule has 1 amide bonds. The van der Waals surface area contributed by atoms with E-state index in [1.807, 2.05) is 6.07 Å². The molecule has 1 atom stereocenters. The van der Waals surface area contributed by atoms with Crippen molar-refractivity contribution < 1.29 is 22.4 Å². The minimum absolute atomic E-state index is 0.0209. The van der Waals surface area contributed by atoms with E-state index >= 15 is 0 Å². The third-order valence-corrected chi connectivity index (χ3v) is 6.99. The van der Waals surface area contributed by atoms with E-state index in [1.165, 1.54) is 9.47 Å². The Morgan fingerprint density at radius 1 is 1.02 bits per heavy atom. The Kier molecular flexibility index (Phi) is 8.03. The SMILES string of the molecule is CC(c1nc2ccccc2c(=O)n1-c1ccc(C#N)cc1)N(Cc1cccnc1)C(=O)Cc1ccc(C(F)(F)F)c(F)c1. The van der Waals surface area contributed by atoms with Crippen LogP contribution >= 0.6 is 0 Å². The van der Waals surface area contributed by atoms with Crippen LogP contribution in [0.15, 0.2) is 96.1 Å². The smallest absolute Gasteiger partial charge is 0.328 e. The number of carbonyl (C=O) groups is 1. The first kappa shape index (κ1) is 29.1. The summed E-state index contributed by atoms with van der Waals surface area (Å²) >= 11 is 0. The largest absolute Gasteiger partial charge is 0.419 e. The van der Waals surface area contributed by atoms with E-state index in [1.54, 1.807) is 80.0 Å². The van der Waals surface area contributed by atoms with Gasteiger partial charge in [-0.3, -0.25) is 19.1 Å². The molecule has 3 aromatic carbocycles. The van der Waals surface area contributed by atoms with Crippen LogP contribution in [0.2, 0.25) is 0 Å². The molecule has 0 saturated heterocycles. The van der Waals surface area contributed by atoms with Crippen molar-refractivity contribution in [2.24, 2.45) is 0 Å². The molecular formula is C32H23F4N5O2. The Balaban J connectivity index is 1.61. The van der Waals surface area contributed by atoms with Gasteiger partial charge in [-0.05, 0) is 72.6 Å². The van der Waals surface area contributed by atoms with Crippen molar-refractivity contribution in [3.8, 4) is 11.8 Å². The highest BCUT2D eigenvalue weighted by Crippen LogP contribution is 2.32. The Labute approximate surface area is 243 Å². The van der Waals surface area contributed by atoms with Crippen LogP contribution in [0.5, 0.6) is 0 Å². The first-order chi connectivity index (χ1) is 20.6. The number of benzene rings is 3. The third kappa shape index (κ3) is 6.13. The van der Waals surface area contributed by atoms with E-state index in [9.17, 15) is 32.4 Å². The number of nitrogens with zero attached hydrogens (tertiary/aromatic N) is 5. The van der Waals surface area contributed by atoms with Crippen molar-refractivity contribution >= 4 is 16.8 Å². The van der Waals surface area contributed by atoms with Crippen LogP contribution in [0.3, 0.4) is 0 Å². The standard InChI is InChI=1S/C32H23F4N5O2/c1-20(30-39-28-7-3-2-6-25(28)31(43)41(30)24-11-8-21(17-37)9-12-24)40(19-23-5-4-14-38-18-23)29(42)16-22-10-13-26(27(33)15-22)32(34,35)36/h2-15,18,20H,16,19H2,1H3. The summed E-state index contributed by atoms with van der Waals surface area (Å²) < 4.78 is 55.0. The summed E-state index contributed by atoms with van der Waals surface area (Å²) in [5.41, 5.74) is 0.0915. The van der Waals surface area contributed by atoms with Gasteiger partial charge in [0.1, 0.15) is 11.6 Å². The van der Waals surface area contributed by atoms with Crippen LogP contribution in [0, 0.1) is 17.1 Å². The van der Waals surface area contributed by atoms with Crippen molar-refractivity contribution in [1.82, 2.24) is 19.4 Å². The van der Waals surface area contributed by atoms with E-state index in [0.29, 0.717) is 39.8 Å². The number of hydrogen-bond acceptors (Lipinski definition) is 5. The molecule has 0 spiro atoms. The molecule has 11 heteroatoms. The lowest BCUT2D eigenvalue weighted by Crippen LogP contribution is -2.38. The Morgan fingerprint density at radius 3 is 2.42 bits per heavy atom. The van der Waals surface area contributed by atoms with Crippen LogP contribution in [-0.4, -0.2) is 25.3 Å². The molecule has 0 fully saturated rings. The first-order valence-electron chi connectivity index (χ1n) is 13.1. The van der Waals surface area contributed by atoms with E-state index in [0.717, 1.165) is 6.07 Å². The number of pyridine rings is 1. The summed E-state index contributed by atoms with van der Waals surface area (Å²) in [6.07, 6.45) is -2.15. The molecule has 0 radical (unpaired) electrons. The summed E-state index contributed by atoms with van der Waals surface area (Å²) in [4.78, 5) is 37.9. The van der Waals surface area contributed by atoms with Gasteiger partial charge in [-0.1, -0.05) is 24.3 Å². The molecule has 2 aromatic heterocycles. The average Bonchev–Trinajstić information content (AvgIpc) is 2.99. The van der Waals surface area contributed by atoms with E-state index in [-0.39, 0.29) is 17.9 Å². The molecular weight excluding hydrogens is 562 g/mol. The molecule has 0 aliphatic rings. The highest BCUT2D eigenvalue weighted by Gasteiger charge is 2.34. The molecule has 43 heavy (non-hydrogen) atoms. The van der Waals surface area contributed by atoms with Gasteiger partial charge in [0, 0.05) is 18.9 Å². The molecule has 5 rings (SSSR count). The Hall–Kier alpha value is -5.37. The number of fused-ring (bicyclic) bond motifs is 1. The second-order valence-corrected chi connectivity index (χ2v) is 9.83. The summed E-state index contributed by atoms with van der Waals surface area (Å²) in [5, 5.41) is 9.59. The number of nitriles is 1. The molecule has 2 heterocycles. The normalized spacial score (nSPS) is 12.1. The molecule has 7 nitrogen and oxygen atoms in total. The van der Waals surface area contributed by atoms with Gasteiger partial charge in [-0.25, -0.2) is 9.37 Å². The molecule has 1 unspecified atom stereocenters. The highest BCUT2D eigenvalue weighted by molar-refractivity contribution is 5.80. The summed E-state index contributed by atoms with van der Waals surface area (Å²) in [6, 6.07) is 20.1. The van der Waals surface area contributed by atoms with Crippen LogP contribution in [0.25, 0.3) is 16.6 Å². The molecule has 0 aliphatic heterocycles. The van der Waals surface area contributed by atoms with Gasteiger partial charge >= 0.3 is 6.18 Å². The number of amides is 1. The number of rotatable bonds is 7. The van der Waals surface area contributed by atoms with Crippen LogP contribution in [0.1, 0.15) is 41.0 Å². The number of hydrogen-bond donors (Lipinski definition) is 0. The zero-order valence-electron chi connectivity index (χ0n) is 22.7. The lowest BCUT2D eigenvalue weighted by atomic mass is 10.1. The second-order valence-electron chi connectivity index (χ2n) is 9.83. The van der Waals surface area contributed by atoms with Crippen LogP contribution in [0.4, 0.5) is 17.6 Å². The highest BCUT2D eigenvalue weighted by atomic mass is 19.4. The monoisotopic (exact) mass is 585 g/mol. The number of carbonyl (C=O) groups excluding carboxylic acids is 1.